The summed E-state index contributed by atoms with van der Waals surface area (Å²) in [6, 6.07) is 4.75. The van der Waals surface area contributed by atoms with Gasteiger partial charge in [-0.25, -0.2) is 28.3 Å². The number of nitrogens with one attached hydrogen (secondary N) is 1. The molecule has 11 nitrogen and oxygen atoms in total. The predicted molar refractivity (Wildman–Crippen MR) is 166 cm³/mol. The summed E-state index contributed by atoms with van der Waals surface area (Å²) in [6.45, 7) is 3.87. The van der Waals surface area contributed by atoms with E-state index in [2.05, 4.69) is 15.3 Å². The van der Waals surface area contributed by atoms with E-state index in [0.29, 0.717) is 22.1 Å². The highest BCUT2D eigenvalue weighted by Gasteiger charge is 2.57. The Kier molecular flexibility index (Phi) is 8.61. The van der Waals surface area contributed by atoms with Crippen molar-refractivity contribution in [2.24, 2.45) is 10.9 Å². The minimum Gasteiger partial charge on any atom is -0.478 e. The molecular formula is C31H29ClF2N6O5S. The maximum absolute atomic E-state index is 16.3. The van der Waals surface area contributed by atoms with Crippen LogP contribution in [0.1, 0.15) is 45.9 Å². The molecule has 2 fully saturated rings. The highest BCUT2D eigenvalue weighted by atomic mass is 35.5. The van der Waals surface area contributed by atoms with Crippen LogP contribution in [-0.2, 0) is 14.3 Å². The Morgan fingerprint density at radius 2 is 2.09 bits per heavy atom. The summed E-state index contributed by atoms with van der Waals surface area (Å²) >= 11 is 7.72. The molecule has 3 aliphatic heterocycles. The number of anilines is 1. The van der Waals surface area contributed by atoms with Gasteiger partial charge in [-0.1, -0.05) is 23.7 Å². The second-order valence-corrected chi connectivity index (χ2v) is 12.5. The summed E-state index contributed by atoms with van der Waals surface area (Å²) in [7, 11) is 0. The number of aliphatic imine (C=N–C) groups is 1. The number of amides is 1. The highest BCUT2D eigenvalue weighted by molar-refractivity contribution is 7.11. The predicted octanol–water partition coefficient (Wildman–Crippen LogP) is 4.32. The molecule has 3 aromatic rings. The number of ether oxygens (including phenoxy) is 1. The number of fused-ring (bicyclic) bond motifs is 1. The zero-order valence-electron chi connectivity index (χ0n) is 24.8. The number of pyridine rings is 1. The molecule has 46 heavy (non-hydrogen) atoms. The van der Waals surface area contributed by atoms with Gasteiger partial charge in [-0.3, -0.25) is 19.6 Å². The molecule has 240 valence electrons. The number of aromatic nitrogens is 2. The van der Waals surface area contributed by atoms with Gasteiger partial charge in [0.15, 0.2) is 16.5 Å². The van der Waals surface area contributed by atoms with Crippen LogP contribution in [0.4, 0.5) is 14.6 Å². The number of benzene rings is 1. The molecule has 0 saturated carbocycles. The number of carboxylic acid groups (broad SMARTS) is 1. The van der Waals surface area contributed by atoms with Crippen LogP contribution < -0.4 is 10.2 Å². The summed E-state index contributed by atoms with van der Waals surface area (Å²) in [5.74, 6) is -3.38. The van der Waals surface area contributed by atoms with Crippen LogP contribution in [0.2, 0.25) is 5.02 Å². The van der Waals surface area contributed by atoms with Crippen LogP contribution >= 0.6 is 22.9 Å². The Balaban J connectivity index is 1.32. The number of amidine groups is 1. The molecule has 1 aromatic carbocycles. The molecule has 6 rings (SSSR count). The number of hydrogen-bond acceptors (Lipinski definition) is 10. The van der Waals surface area contributed by atoms with Crippen molar-refractivity contribution >= 4 is 52.4 Å². The second kappa shape index (κ2) is 12.5. The molecule has 0 unspecified atom stereocenters. The van der Waals surface area contributed by atoms with E-state index in [1.54, 1.807) is 31.5 Å². The number of nitrogens with zero attached hydrogens (tertiary/aromatic N) is 5. The number of piperidine rings is 1. The van der Waals surface area contributed by atoms with E-state index in [1.807, 2.05) is 4.90 Å². The number of likely N-dealkylation sites (tertiary alicyclic amines) is 1. The molecule has 2 aromatic heterocycles. The van der Waals surface area contributed by atoms with Crippen molar-refractivity contribution < 1.29 is 33.0 Å². The van der Waals surface area contributed by atoms with Crippen molar-refractivity contribution in [2.45, 2.75) is 32.0 Å². The molecule has 3 atom stereocenters. The summed E-state index contributed by atoms with van der Waals surface area (Å²) in [5.41, 5.74) is -0.915. The van der Waals surface area contributed by atoms with Gasteiger partial charge in [0.1, 0.15) is 17.7 Å². The van der Waals surface area contributed by atoms with Gasteiger partial charge >= 0.3 is 11.9 Å². The minimum absolute atomic E-state index is 0.00176. The van der Waals surface area contributed by atoms with Crippen LogP contribution in [0.15, 0.2) is 58.3 Å². The van der Waals surface area contributed by atoms with Crippen molar-refractivity contribution in [2.75, 3.05) is 37.7 Å². The van der Waals surface area contributed by atoms with Crippen LogP contribution in [0.5, 0.6) is 0 Å². The standard InChI is InChI=1S/C31H29ClF2N6O5S/c1-3-45-29(43)23-21(37-26(27-35-8-10-46-27)38-25(23)18-5-4-6-20(33)24(18)32)15-39-9-7-31(34)17(13-39)14-40(30(31)44)22-11-16(2)19(12-36-22)28(41)42/h4-6,8,10-12,17,25H,3,7,9,13-15H2,1-2H3,(H,37,38)(H,41,42)/t17-,25-,31+/m0/s1. The van der Waals surface area contributed by atoms with Crippen molar-refractivity contribution in [3.05, 3.63) is 85.8 Å². The molecule has 3 aliphatic rings. The third kappa shape index (κ3) is 5.65. The number of halogens is 3. The van der Waals surface area contributed by atoms with Crippen LogP contribution in [-0.4, -0.2) is 82.1 Å². The van der Waals surface area contributed by atoms with Crippen LogP contribution in [0, 0.1) is 18.7 Å². The number of hydrogen-bond donors (Lipinski definition) is 2. The van der Waals surface area contributed by atoms with E-state index in [4.69, 9.17) is 21.3 Å². The maximum Gasteiger partial charge on any atom is 0.338 e. The van der Waals surface area contributed by atoms with Gasteiger partial charge in [-0.05, 0) is 31.5 Å². The van der Waals surface area contributed by atoms with Gasteiger partial charge in [-0.15, -0.1) is 11.3 Å². The fraction of sp³-hybridized carbons (Fsp3) is 0.355. The first kappa shape index (κ1) is 31.7. The summed E-state index contributed by atoms with van der Waals surface area (Å²) < 4.78 is 36.4. The van der Waals surface area contributed by atoms with Crippen molar-refractivity contribution in [3.63, 3.8) is 0 Å². The van der Waals surface area contributed by atoms with Gasteiger partial charge in [0, 0.05) is 67.6 Å². The molecule has 0 radical (unpaired) electrons. The SMILES string of the molecule is CCOC(=O)C1=C(CN2CC[C@]3(F)C(=O)N(c4cc(C)c(C(=O)O)cn4)C[C@@H]3C2)NC(c2nccs2)=N[C@H]1c1cccc(F)c1Cl. The Morgan fingerprint density at radius 3 is 2.78 bits per heavy atom. The molecule has 15 heteroatoms. The summed E-state index contributed by atoms with van der Waals surface area (Å²) in [5, 5.41) is 14.7. The van der Waals surface area contributed by atoms with Crippen molar-refractivity contribution in [1.29, 1.82) is 0 Å². The number of carboxylic acids is 1. The summed E-state index contributed by atoms with van der Waals surface area (Å²) in [4.78, 5) is 54.7. The number of rotatable bonds is 8. The second-order valence-electron chi connectivity index (χ2n) is 11.2. The normalized spacial score (nSPS) is 23.2. The van der Waals surface area contributed by atoms with Crippen molar-refractivity contribution in [3.8, 4) is 0 Å². The molecule has 2 N–H and O–H groups in total. The first-order chi connectivity index (χ1) is 22.0. The Bertz CT molecular complexity index is 1790. The smallest absolute Gasteiger partial charge is 0.338 e. The Labute approximate surface area is 271 Å². The van der Waals surface area contributed by atoms with E-state index >= 15 is 4.39 Å². The molecule has 2 saturated heterocycles. The third-order valence-corrected chi connectivity index (χ3v) is 9.62. The minimum atomic E-state index is -2.14. The van der Waals surface area contributed by atoms with Crippen LogP contribution in [0.3, 0.4) is 0 Å². The topological polar surface area (TPSA) is 137 Å². The van der Waals surface area contributed by atoms with Gasteiger partial charge in [0.05, 0.1) is 22.8 Å². The number of aryl methyl sites for hydroxylation is 1. The monoisotopic (exact) mass is 670 g/mol. The fourth-order valence-electron chi connectivity index (χ4n) is 6.14. The number of carbonyl (C=O) groups excluding carboxylic acids is 2. The fourth-order valence-corrected chi connectivity index (χ4v) is 6.95. The Morgan fingerprint density at radius 1 is 1.28 bits per heavy atom. The number of aromatic carboxylic acids is 1. The molecule has 0 spiro atoms. The van der Waals surface area contributed by atoms with Gasteiger partial charge in [0.25, 0.3) is 5.91 Å². The zero-order chi connectivity index (χ0) is 32.7. The number of esters is 1. The van der Waals surface area contributed by atoms with Gasteiger partial charge in [-0.2, -0.15) is 0 Å². The van der Waals surface area contributed by atoms with E-state index in [-0.39, 0.29) is 66.7 Å². The first-order valence-electron chi connectivity index (χ1n) is 14.5. The third-order valence-electron chi connectivity index (χ3n) is 8.44. The lowest BCUT2D eigenvalue weighted by Crippen LogP contribution is -2.52. The lowest BCUT2D eigenvalue weighted by Gasteiger charge is -2.38. The zero-order valence-corrected chi connectivity index (χ0v) is 26.4. The highest BCUT2D eigenvalue weighted by Crippen LogP contribution is 2.42. The summed E-state index contributed by atoms with van der Waals surface area (Å²) in [6.07, 6.45) is 2.67. The first-order valence-corrected chi connectivity index (χ1v) is 15.8. The molecule has 0 bridgehead atoms. The van der Waals surface area contributed by atoms with E-state index in [9.17, 15) is 23.9 Å². The average molecular weight is 671 g/mol. The van der Waals surface area contributed by atoms with Crippen LogP contribution in [0.25, 0.3) is 0 Å². The molecule has 1 amide bonds. The lowest BCUT2D eigenvalue weighted by molar-refractivity contribution is -0.139. The average Bonchev–Trinajstić information content (AvgIpc) is 3.65. The molecule has 0 aliphatic carbocycles. The molecular weight excluding hydrogens is 642 g/mol. The quantitative estimate of drug-likeness (QED) is 0.336. The largest absolute Gasteiger partial charge is 0.478 e. The van der Waals surface area contributed by atoms with E-state index in [0.717, 1.165) is 0 Å². The number of carbonyl (C=O) groups is 3. The number of alkyl halides is 1. The van der Waals surface area contributed by atoms with Crippen molar-refractivity contribution in [1.82, 2.24) is 20.2 Å². The van der Waals surface area contributed by atoms with E-state index in [1.165, 1.54) is 40.6 Å². The maximum atomic E-state index is 16.3. The molecule has 5 heterocycles. The lowest BCUT2D eigenvalue weighted by atomic mass is 9.85. The van der Waals surface area contributed by atoms with Gasteiger partial charge < -0.3 is 15.2 Å². The Hall–Kier alpha value is -4.27. The van der Waals surface area contributed by atoms with E-state index < -0.39 is 41.3 Å². The number of thiazole rings is 1. The van der Waals surface area contributed by atoms with Gasteiger partial charge in [0.2, 0.25) is 0 Å².